The van der Waals surface area contributed by atoms with E-state index in [4.69, 9.17) is 10.5 Å². The van der Waals surface area contributed by atoms with Crippen LogP contribution in [0, 0.1) is 0 Å². The lowest BCUT2D eigenvalue weighted by atomic mass is 10.0. The van der Waals surface area contributed by atoms with Crippen LogP contribution >= 0.6 is 0 Å². The molecule has 0 aromatic heterocycles. The number of aliphatic hydroxyl groups is 1. The third-order valence-electron chi connectivity index (χ3n) is 3.02. The van der Waals surface area contributed by atoms with Gasteiger partial charge in [-0.3, -0.25) is 0 Å². The maximum Gasteiger partial charge on any atom is 0.119 e. The zero-order valence-corrected chi connectivity index (χ0v) is 8.94. The Kier molecular flexibility index (Phi) is 2.93. The van der Waals surface area contributed by atoms with Crippen molar-refractivity contribution >= 4 is 0 Å². The molecular formula is C12H17NO2. The van der Waals surface area contributed by atoms with Gasteiger partial charge in [0.2, 0.25) is 0 Å². The summed E-state index contributed by atoms with van der Waals surface area (Å²) in [5, 5.41) is 9.95. The Bertz CT molecular complexity index is 351. The molecule has 1 aromatic rings. The van der Waals surface area contributed by atoms with E-state index in [-0.39, 0.29) is 6.04 Å². The molecule has 2 atom stereocenters. The van der Waals surface area contributed by atoms with Gasteiger partial charge in [0.05, 0.1) is 13.2 Å². The monoisotopic (exact) mass is 207 g/mol. The van der Waals surface area contributed by atoms with Crippen molar-refractivity contribution in [1.82, 2.24) is 0 Å². The Morgan fingerprint density at radius 3 is 3.00 bits per heavy atom. The quantitative estimate of drug-likeness (QED) is 0.684. The number of methoxy groups -OCH3 is 1. The number of ether oxygens (including phenoxy) is 1. The van der Waals surface area contributed by atoms with Crippen LogP contribution in [0.15, 0.2) is 18.2 Å². The molecule has 82 valence electrons. The Morgan fingerprint density at radius 2 is 2.27 bits per heavy atom. The largest absolute Gasteiger partial charge is 0.497 e. The maximum absolute atomic E-state index is 9.95. The summed E-state index contributed by atoms with van der Waals surface area (Å²) in [5.41, 5.74) is 8.05. The van der Waals surface area contributed by atoms with Gasteiger partial charge in [-0.2, -0.15) is 0 Å². The van der Waals surface area contributed by atoms with Crippen molar-refractivity contribution < 1.29 is 9.84 Å². The summed E-state index contributed by atoms with van der Waals surface area (Å²) in [5.74, 6) is 0.844. The van der Waals surface area contributed by atoms with Gasteiger partial charge in [-0.25, -0.2) is 0 Å². The zero-order valence-electron chi connectivity index (χ0n) is 8.94. The van der Waals surface area contributed by atoms with Gasteiger partial charge in [0, 0.05) is 6.04 Å². The van der Waals surface area contributed by atoms with Crippen molar-refractivity contribution in [1.29, 1.82) is 0 Å². The highest BCUT2D eigenvalue weighted by molar-refractivity contribution is 5.37. The molecule has 15 heavy (non-hydrogen) atoms. The van der Waals surface area contributed by atoms with Crippen LogP contribution in [0.3, 0.4) is 0 Å². The van der Waals surface area contributed by atoms with E-state index in [9.17, 15) is 5.11 Å². The molecule has 2 rings (SSSR count). The molecule has 3 N–H and O–H groups in total. The van der Waals surface area contributed by atoms with E-state index >= 15 is 0 Å². The van der Waals surface area contributed by atoms with E-state index in [0.717, 1.165) is 29.7 Å². The second kappa shape index (κ2) is 4.21. The van der Waals surface area contributed by atoms with Crippen LogP contribution in [-0.2, 0) is 6.42 Å². The summed E-state index contributed by atoms with van der Waals surface area (Å²) < 4.78 is 5.17. The van der Waals surface area contributed by atoms with Crippen LogP contribution in [0.1, 0.15) is 30.1 Å². The van der Waals surface area contributed by atoms with E-state index in [1.54, 1.807) is 7.11 Å². The summed E-state index contributed by atoms with van der Waals surface area (Å²) in [4.78, 5) is 0. The van der Waals surface area contributed by atoms with Gasteiger partial charge in [0.1, 0.15) is 5.75 Å². The van der Waals surface area contributed by atoms with Gasteiger partial charge in [0.25, 0.3) is 0 Å². The van der Waals surface area contributed by atoms with Crippen molar-refractivity contribution in [3.05, 3.63) is 29.3 Å². The van der Waals surface area contributed by atoms with Gasteiger partial charge < -0.3 is 15.6 Å². The minimum atomic E-state index is -0.427. The fraction of sp³-hybridized carbons (Fsp3) is 0.500. The predicted molar refractivity (Wildman–Crippen MR) is 58.9 cm³/mol. The van der Waals surface area contributed by atoms with Gasteiger partial charge in [-0.1, -0.05) is 6.07 Å². The highest BCUT2D eigenvalue weighted by Crippen LogP contribution is 2.30. The first-order valence-electron chi connectivity index (χ1n) is 5.31. The molecule has 0 fully saturated rings. The standard InChI is InChI=1S/C12H17NO2/c1-15-10-4-5-11-8(6-10)2-3-9(13)7-12(11)14/h4-6,9,12,14H,2-3,7,13H2,1H3/t9-,12-/m0/s1. The number of aryl methyl sites for hydroxylation is 1. The molecule has 0 bridgehead atoms. The van der Waals surface area contributed by atoms with Crippen molar-refractivity contribution in [3.8, 4) is 5.75 Å². The van der Waals surface area contributed by atoms with Crippen molar-refractivity contribution in [2.24, 2.45) is 5.73 Å². The molecule has 1 aliphatic rings. The van der Waals surface area contributed by atoms with Crippen LogP contribution in [-0.4, -0.2) is 18.3 Å². The first-order chi connectivity index (χ1) is 7.20. The Hall–Kier alpha value is -1.06. The number of hydrogen-bond acceptors (Lipinski definition) is 3. The lowest BCUT2D eigenvalue weighted by molar-refractivity contribution is 0.160. The number of aliphatic hydroxyl groups excluding tert-OH is 1. The molecule has 0 saturated heterocycles. The van der Waals surface area contributed by atoms with E-state index in [1.165, 1.54) is 0 Å². The number of nitrogens with two attached hydrogens (primary N) is 1. The SMILES string of the molecule is COc1ccc2c(c1)CC[C@H](N)C[C@@H]2O. The van der Waals surface area contributed by atoms with Crippen molar-refractivity contribution in [3.63, 3.8) is 0 Å². The molecular weight excluding hydrogens is 190 g/mol. The van der Waals surface area contributed by atoms with Crippen LogP contribution in [0.25, 0.3) is 0 Å². The number of rotatable bonds is 1. The van der Waals surface area contributed by atoms with Gasteiger partial charge in [-0.05, 0) is 42.5 Å². The molecule has 0 radical (unpaired) electrons. The maximum atomic E-state index is 9.95. The topological polar surface area (TPSA) is 55.5 Å². The van der Waals surface area contributed by atoms with E-state index in [0.29, 0.717) is 6.42 Å². The second-order valence-electron chi connectivity index (χ2n) is 4.11. The molecule has 0 aliphatic heterocycles. The average Bonchev–Trinajstić information content (AvgIpc) is 2.38. The molecule has 0 amide bonds. The van der Waals surface area contributed by atoms with E-state index in [2.05, 4.69) is 0 Å². The van der Waals surface area contributed by atoms with Gasteiger partial charge in [-0.15, -0.1) is 0 Å². The molecule has 3 nitrogen and oxygen atoms in total. The Labute approximate surface area is 89.9 Å². The highest BCUT2D eigenvalue weighted by Gasteiger charge is 2.20. The fourth-order valence-corrected chi connectivity index (χ4v) is 2.12. The molecule has 3 heteroatoms. The summed E-state index contributed by atoms with van der Waals surface area (Å²) in [6.45, 7) is 0. The summed E-state index contributed by atoms with van der Waals surface area (Å²) in [6.07, 6.45) is 2.07. The smallest absolute Gasteiger partial charge is 0.119 e. The minimum absolute atomic E-state index is 0.0957. The lowest BCUT2D eigenvalue weighted by Crippen LogP contribution is -2.21. The normalized spacial score (nSPS) is 25.5. The second-order valence-corrected chi connectivity index (χ2v) is 4.11. The van der Waals surface area contributed by atoms with E-state index < -0.39 is 6.10 Å². The van der Waals surface area contributed by atoms with Crippen molar-refractivity contribution in [2.45, 2.75) is 31.4 Å². The Morgan fingerprint density at radius 1 is 1.47 bits per heavy atom. The lowest BCUT2D eigenvalue weighted by Gasteiger charge is -2.13. The molecule has 0 spiro atoms. The van der Waals surface area contributed by atoms with Crippen LogP contribution in [0.5, 0.6) is 5.75 Å². The molecule has 1 aromatic carbocycles. The van der Waals surface area contributed by atoms with Gasteiger partial charge in [0.15, 0.2) is 0 Å². The summed E-state index contributed by atoms with van der Waals surface area (Å²) in [6, 6.07) is 5.92. The summed E-state index contributed by atoms with van der Waals surface area (Å²) >= 11 is 0. The molecule has 0 unspecified atom stereocenters. The fourth-order valence-electron chi connectivity index (χ4n) is 2.12. The molecule has 0 heterocycles. The third kappa shape index (κ3) is 2.13. The number of hydrogen-bond donors (Lipinski definition) is 2. The van der Waals surface area contributed by atoms with Crippen LogP contribution < -0.4 is 10.5 Å². The average molecular weight is 207 g/mol. The number of benzene rings is 1. The van der Waals surface area contributed by atoms with E-state index in [1.807, 2.05) is 18.2 Å². The zero-order chi connectivity index (χ0) is 10.8. The van der Waals surface area contributed by atoms with Gasteiger partial charge >= 0.3 is 0 Å². The first-order valence-corrected chi connectivity index (χ1v) is 5.31. The van der Waals surface area contributed by atoms with Crippen LogP contribution in [0.4, 0.5) is 0 Å². The minimum Gasteiger partial charge on any atom is -0.497 e. The first kappa shape index (κ1) is 10.5. The van der Waals surface area contributed by atoms with Crippen molar-refractivity contribution in [2.75, 3.05) is 7.11 Å². The molecule has 0 saturated carbocycles. The Balaban J connectivity index is 2.35. The third-order valence-corrected chi connectivity index (χ3v) is 3.02. The number of fused-ring (bicyclic) bond motifs is 1. The van der Waals surface area contributed by atoms with Crippen LogP contribution in [0.2, 0.25) is 0 Å². The molecule has 1 aliphatic carbocycles. The highest BCUT2D eigenvalue weighted by atomic mass is 16.5. The summed E-state index contributed by atoms with van der Waals surface area (Å²) in [7, 11) is 1.65. The predicted octanol–water partition coefficient (Wildman–Crippen LogP) is 1.39.